The minimum absolute atomic E-state index is 0.0347. The maximum atomic E-state index is 14.3. The first kappa shape index (κ1) is 31.2. The Morgan fingerprint density at radius 1 is 0.867 bits per heavy atom. The van der Waals surface area contributed by atoms with Gasteiger partial charge in [-0.3, -0.25) is 9.69 Å². The first-order valence-corrected chi connectivity index (χ1v) is 16.4. The molecule has 0 radical (unpaired) electrons. The smallest absolute Gasteiger partial charge is 0.410 e. The van der Waals surface area contributed by atoms with Crippen molar-refractivity contribution < 1.29 is 19.1 Å². The van der Waals surface area contributed by atoms with Gasteiger partial charge in [0.25, 0.3) is 5.91 Å². The third kappa shape index (κ3) is 6.09. The van der Waals surface area contributed by atoms with E-state index >= 15 is 0 Å². The maximum absolute atomic E-state index is 14.3. The van der Waals surface area contributed by atoms with Crippen molar-refractivity contribution >= 4 is 34.1 Å². The second-order valence-electron chi connectivity index (χ2n) is 14.1. The number of likely N-dealkylation sites (N-methyl/N-ethyl adjacent to an activating group) is 1. The summed E-state index contributed by atoms with van der Waals surface area (Å²) in [5, 5.41) is 2.10. The number of benzene rings is 3. The number of hydrogen-bond acceptors (Lipinski definition) is 6. The van der Waals surface area contributed by atoms with E-state index in [-0.39, 0.29) is 12.0 Å². The molecule has 3 heterocycles. The Bertz CT molecular complexity index is 1580. The Labute approximate surface area is 267 Å². The third-order valence-electron chi connectivity index (χ3n) is 10.00. The van der Waals surface area contributed by atoms with Crippen LogP contribution in [-0.4, -0.2) is 86.4 Å². The van der Waals surface area contributed by atoms with Crippen LogP contribution >= 0.6 is 0 Å². The van der Waals surface area contributed by atoms with E-state index in [0.717, 1.165) is 71.4 Å². The Morgan fingerprint density at radius 2 is 1.53 bits per heavy atom. The van der Waals surface area contributed by atoms with Gasteiger partial charge in [-0.2, -0.15) is 0 Å². The van der Waals surface area contributed by atoms with Crippen LogP contribution in [0.2, 0.25) is 0 Å². The Morgan fingerprint density at radius 3 is 2.18 bits per heavy atom. The lowest BCUT2D eigenvalue weighted by Gasteiger charge is -2.44. The number of nitrogens with zero attached hydrogens (tertiary/aromatic N) is 4. The molecule has 2 fully saturated rings. The SMILES string of the molecule is COc1cc2c(cc1N1C[C@@H](C)N(C)[C@@H](C)C1)N(C(=O)c1ccc(C3CCN(C(=O)OC(C)(C)C)CC3)c3ccccc13)CC2. The van der Waals surface area contributed by atoms with Gasteiger partial charge in [-0.1, -0.05) is 30.3 Å². The Hall–Kier alpha value is -3.78. The quantitative estimate of drug-likeness (QED) is 0.327. The molecule has 2 amide bonds. The highest BCUT2D eigenvalue weighted by Gasteiger charge is 2.33. The first-order valence-electron chi connectivity index (χ1n) is 16.4. The summed E-state index contributed by atoms with van der Waals surface area (Å²) in [6.45, 7) is 14.0. The number of anilines is 2. The van der Waals surface area contributed by atoms with Gasteiger partial charge in [0.15, 0.2) is 0 Å². The average Bonchev–Trinajstić information content (AvgIpc) is 3.44. The lowest BCUT2D eigenvalue weighted by atomic mass is 9.85. The van der Waals surface area contributed by atoms with Gasteiger partial charge < -0.3 is 24.2 Å². The monoisotopic (exact) mass is 612 g/mol. The van der Waals surface area contributed by atoms with Gasteiger partial charge in [0.1, 0.15) is 11.4 Å². The molecule has 6 rings (SSSR count). The van der Waals surface area contributed by atoms with Crippen LogP contribution < -0.4 is 14.5 Å². The molecule has 3 aromatic rings. The zero-order valence-electron chi connectivity index (χ0n) is 27.9. The van der Waals surface area contributed by atoms with E-state index in [9.17, 15) is 9.59 Å². The summed E-state index contributed by atoms with van der Waals surface area (Å²) in [5.41, 5.74) is 4.67. The highest BCUT2D eigenvalue weighted by molar-refractivity contribution is 6.15. The van der Waals surface area contributed by atoms with Gasteiger partial charge in [-0.05, 0) is 107 Å². The molecule has 0 bridgehead atoms. The number of carbonyl (C=O) groups is 2. The zero-order chi connectivity index (χ0) is 32.0. The van der Waals surface area contributed by atoms with Gasteiger partial charge >= 0.3 is 6.09 Å². The number of methoxy groups -OCH3 is 1. The molecule has 8 heteroatoms. The van der Waals surface area contributed by atoms with Crippen molar-refractivity contribution in [2.75, 3.05) is 56.7 Å². The summed E-state index contributed by atoms with van der Waals surface area (Å²) in [4.78, 5) is 35.6. The molecule has 0 spiro atoms. The van der Waals surface area contributed by atoms with Gasteiger partial charge in [0.2, 0.25) is 0 Å². The van der Waals surface area contributed by atoms with Crippen LogP contribution in [0.5, 0.6) is 5.75 Å². The second-order valence-corrected chi connectivity index (χ2v) is 14.1. The van der Waals surface area contributed by atoms with Gasteiger partial charge in [-0.25, -0.2) is 4.79 Å². The number of carbonyl (C=O) groups excluding carboxylic acids is 2. The molecule has 0 aromatic heterocycles. The van der Waals surface area contributed by atoms with E-state index in [0.29, 0.717) is 37.6 Å². The summed E-state index contributed by atoms with van der Waals surface area (Å²) in [6, 6.07) is 17.6. The standard InChI is InChI=1S/C37H48N4O4/c1-24-22-40(23-25(2)38(24)6)33-21-32-27(20-34(33)44-7)16-19-41(32)35(42)31-13-12-28(29-10-8-9-11-30(29)31)26-14-17-39(18-15-26)36(43)45-37(3,4)5/h8-13,20-21,24-26H,14-19,22-23H2,1-7H3/t24-,25+. The number of likely N-dealkylation sites (tertiary alicyclic amines) is 1. The van der Waals surface area contributed by atoms with E-state index in [1.165, 1.54) is 5.56 Å². The van der Waals surface area contributed by atoms with Crippen LogP contribution in [0.1, 0.15) is 74.9 Å². The third-order valence-corrected chi connectivity index (χ3v) is 10.00. The molecule has 240 valence electrons. The molecule has 2 atom stereocenters. The van der Waals surface area contributed by atoms with Crippen LogP contribution in [0, 0.1) is 0 Å². The molecular weight excluding hydrogens is 564 g/mol. The van der Waals surface area contributed by atoms with Crippen molar-refractivity contribution in [2.45, 2.75) is 77.5 Å². The molecule has 3 aromatic carbocycles. The molecule has 0 unspecified atom stereocenters. The molecule has 0 aliphatic carbocycles. The van der Waals surface area contributed by atoms with Crippen LogP contribution in [0.25, 0.3) is 10.8 Å². The molecule has 0 N–H and O–H groups in total. The summed E-state index contributed by atoms with van der Waals surface area (Å²) in [5.74, 6) is 1.22. The zero-order valence-corrected chi connectivity index (χ0v) is 27.9. The lowest BCUT2D eigenvalue weighted by molar-refractivity contribution is 0.0205. The topological polar surface area (TPSA) is 65.6 Å². The summed E-state index contributed by atoms with van der Waals surface area (Å²) >= 11 is 0. The van der Waals surface area contributed by atoms with E-state index in [2.05, 4.69) is 67.1 Å². The number of amides is 2. The lowest BCUT2D eigenvalue weighted by Crippen LogP contribution is -2.55. The molecule has 8 nitrogen and oxygen atoms in total. The summed E-state index contributed by atoms with van der Waals surface area (Å²) in [7, 11) is 3.93. The predicted molar refractivity (Wildman–Crippen MR) is 181 cm³/mol. The van der Waals surface area contributed by atoms with Crippen molar-refractivity contribution in [3.8, 4) is 5.75 Å². The van der Waals surface area contributed by atoms with Crippen LogP contribution in [-0.2, 0) is 11.2 Å². The van der Waals surface area contributed by atoms with Crippen LogP contribution in [0.15, 0.2) is 48.5 Å². The van der Waals surface area contributed by atoms with Gasteiger partial charge in [-0.15, -0.1) is 0 Å². The molecule has 2 saturated heterocycles. The fourth-order valence-corrected chi connectivity index (χ4v) is 7.34. The van der Waals surface area contributed by atoms with Gasteiger partial charge in [0, 0.05) is 56.1 Å². The van der Waals surface area contributed by atoms with E-state index < -0.39 is 5.60 Å². The van der Waals surface area contributed by atoms with Gasteiger partial charge in [0.05, 0.1) is 12.8 Å². The fourth-order valence-electron chi connectivity index (χ4n) is 7.34. The molecular formula is C37H48N4O4. The second kappa shape index (κ2) is 12.2. The Kier molecular flexibility index (Phi) is 8.46. The fraction of sp³-hybridized carbons (Fsp3) is 0.514. The van der Waals surface area contributed by atoms with Crippen molar-refractivity contribution in [1.29, 1.82) is 0 Å². The van der Waals surface area contributed by atoms with Crippen molar-refractivity contribution in [3.05, 3.63) is 65.2 Å². The number of piperidine rings is 1. The largest absolute Gasteiger partial charge is 0.495 e. The highest BCUT2D eigenvalue weighted by atomic mass is 16.6. The number of fused-ring (bicyclic) bond motifs is 2. The summed E-state index contributed by atoms with van der Waals surface area (Å²) in [6.07, 6.45) is 2.29. The minimum Gasteiger partial charge on any atom is -0.495 e. The van der Waals surface area contributed by atoms with E-state index in [1.54, 1.807) is 7.11 Å². The molecule has 3 aliphatic rings. The predicted octanol–water partition coefficient (Wildman–Crippen LogP) is 6.69. The number of piperazine rings is 1. The number of rotatable bonds is 4. The van der Waals surface area contributed by atoms with Crippen LogP contribution in [0.3, 0.4) is 0 Å². The van der Waals surface area contributed by atoms with E-state index in [4.69, 9.17) is 9.47 Å². The molecule has 0 saturated carbocycles. The highest BCUT2D eigenvalue weighted by Crippen LogP contribution is 2.42. The van der Waals surface area contributed by atoms with Crippen molar-refractivity contribution in [2.24, 2.45) is 0 Å². The van der Waals surface area contributed by atoms with Crippen LogP contribution in [0.4, 0.5) is 16.2 Å². The number of hydrogen-bond donors (Lipinski definition) is 0. The Balaban J connectivity index is 1.26. The normalized spacial score (nSPS) is 21.3. The van der Waals surface area contributed by atoms with Crippen molar-refractivity contribution in [1.82, 2.24) is 9.80 Å². The summed E-state index contributed by atoms with van der Waals surface area (Å²) < 4.78 is 11.5. The number of ether oxygens (including phenoxy) is 2. The molecule has 3 aliphatic heterocycles. The van der Waals surface area contributed by atoms with E-state index in [1.807, 2.05) is 42.7 Å². The maximum Gasteiger partial charge on any atom is 0.410 e. The first-order chi connectivity index (χ1) is 21.4. The average molecular weight is 613 g/mol. The minimum atomic E-state index is -0.502. The molecule has 45 heavy (non-hydrogen) atoms. The van der Waals surface area contributed by atoms with Crippen molar-refractivity contribution in [3.63, 3.8) is 0 Å².